The van der Waals surface area contributed by atoms with Crippen molar-refractivity contribution in [3.8, 4) is 0 Å². The molecule has 1 aromatic rings. The molecule has 1 aromatic carbocycles. The van der Waals surface area contributed by atoms with E-state index in [0.717, 1.165) is 26.1 Å². The number of rotatable bonds is 1. The van der Waals surface area contributed by atoms with Crippen LogP contribution in [0.1, 0.15) is 63.5 Å². The Morgan fingerprint density at radius 2 is 1.50 bits per heavy atom. The molecule has 1 saturated heterocycles. The Hall–Kier alpha value is -0.860. The summed E-state index contributed by atoms with van der Waals surface area (Å²) in [6.07, 6.45) is 4.43. The molecule has 0 bridgehead atoms. The first-order valence-electron chi connectivity index (χ1n) is 7.87. The molecule has 3 rings (SSSR count). The second-order valence-electron chi connectivity index (χ2n) is 7.25. The topological polar surface area (TPSA) is 18.5 Å². The predicted molar refractivity (Wildman–Crippen MR) is 81.0 cm³/mol. The van der Waals surface area contributed by atoms with Crippen molar-refractivity contribution in [2.75, 3.05) is 13.2 Å². The quantitative estimate of drug-likeness (QED) is 0.756. The lowest BCUT2D eigenvalue weighted by Gasteiger charge is -2.35. The van der Waals surface area contributed by atoms with E-state index in [1.807, 2.05) is 0 Å². The van der Waals surface area contributed by atoms with E-state index in [-0.39, 0.29) is 11.2 Å². The normalized spacial score (nSPS) is 23.4. The Morgan fingerprint density at radius 1 is 0.950 bits per heavy atom. The van der Waals surface area contributed by atoms with Gasteiger partial charge in [0.15, 0.2) is 5.79 Å². The van der Waals surface area contributed by atoms with Gasteiger partial charge in [0, 0.05) is 12.8 Å². The van der Waals surface area contributed by atoms with Crippen LogP contribution in [0.4, 0.5) is 0 Å². The van der Waals surface area contributed by atoms with E-state index in [0.29, 0.717) is 5.92 Å². The van der Waals surface area contributed by atoms with E-state index < -0.39 is 0 Å². The Morgan fingerprint density at radius 3 is 2.00 bits per heavy atom. The number of ether oxygens (including phenoxy) is 2. The molecule has 2 aliphatic rings. The van der Waals surface area contributed by atoms with E-state index in [2.05, 4.69) is 45.0 Å². The van der Waals surface area contributed by atoms with E-state index in [9.17, 15) is 0 Å². The lowest BCUT2D eigenvalue weighted by atomic mass is 9.79. The third-order valence-electron chi connectivity index (χ3n) is 4.81. The molecule has 0 atom stereocenters. The van der Waals surface area contributed by atoms with Crippen molar-refractivity contribution >= 4 is 0 Å². The van der Waals surface area contributed by atoms with Crippen LogP contribution in [0.15, 0.2) is 24.3 Å². The molecule has 2 heteroatoms. The predicted octanol–water partition coefficient (Wildman–Crippen LogP) is 4.38. The zero-order chi connectivity index (χ0) is 14.2. The van der Waals surface area contributed by atoms with Gasteiger partial charge in [-0.15, -0.1) is 0 Å². The molecule has 1 aliphatic heterocycles. The molecule has 2 nitrogen and oxygen atoms in total. The van der Waals surface area contributed by atoms with Crippen LogP contribution in [0.25, 0.3) is 0 Å². The molecule has 0 amide bonds. The third kappa shape index (κ3) is 2.77. The largest absolute Gasteiger partial charge is 0.348 e. The van der Waals surface area contributed by atoms with Gasteiger partial charge in [0.1, 0.15) is 0 Å². The molecule has 1 heterocycles. The highest BCUT2D eigenvalue weighted by atomic mass is 16.7. The summed E-state index contributed by atoms with van der Waals surface area (Å²) in [5, 5.41) is 0. The van der Waals surface area contributed by atoms with Gasteiger partial charge in [-0.25, -0.2) is 0 Å². The molecule has 1 aliphatic carbocycles. The van der Waals surface area contributed by atoms with Crippen LogP contribution in [0.2, 0.25) is 0 Å². The number of hydrogen-bond acceptors (Lipinski definition) is 2. The molecular weight excluding hydrogens is 248 g/mol. The lowest BCUT2D eigenvalue weighted by Crippen LogP contribution is -2.34. The minimum atomic E-state index is -0.234. The van der Waals surface area contributed by atoms with Crippen molar-refractivity contribution < 1.29 is 9.47 Å². The van der Waals surface area contributed by atoms with Gasteiger partial charge >= 0.3 is 0 Å². The fraction of sp³-hybridized carbons (Fsp3) is 0.667. The van der Waals surface area contributed by atoms with Crippen LogP contribution in [-0.2, 0) is 14.9 Å². The molecule has 0 N–H and O–H groups in total. The highest BCUT2D eigenvalue weighted by Gasteiger charge is 2.40. The van der Waals surface area contributed by atoms with Gasteiger partial charge in [0.2, 0.25) is 0 Å². The van der Waals surface area contributed by atoms with Crippen molar-refractivity contribution in [3.05, 3.63) is 35.4 Å². The van der Waals surface area contributed by atoms with Crippen molar-refractivity contribution in [1.29, 1.82) is 0 Å². The Labute approximate surface area is 122 Å². The van der Waals surface area contributed by atoms with Gasteiger partial charge in [-0.3, -0.25) is 0 Å². The van der Waals surface area contributed by atoms with Crippen molar-refractivity contribution in [2.24, 2.45) is 0 Å². The summed E-state index contributed by atoms with van der Waals surface area (Å²) < 4.78 is 11.6. The van der Waals surface area contributed by atoms with E-state index in [1.165, 1.54) is 24.0 Å². The summed E-state index contributed by atoms with van der Waals surface area (Å²) in [6.45, 7) is 8.33. The van der Waals surface area contributed by atoms with Crippen LogP contribution in [-0.4, -0.2) is 19.0 Å². The highest BCUT2D eigenvalue weighted by molar-refractivity contribution is 5.29. The van der Waals surface area contributed by atoms with Gasteiger partial charge in [-0.05, 0) is 35.3 Å². The average molecular weight is 274 g/mol. The summed E-state index contributed by atoms with van der Waals surface area (Å²) in [5.41, 5.74) is 3.13. The maximum absolute atomic E-state index is 5.81. The average Bonchev–Trinajstić information content (AvgIpc) is 2.87. The fourth-order valence-electron chi connectivity index (χ4n) is 3.43. The molecule has 20 heavy (non-hydrogen) atoms. The van der Waals surface area contributed by atoms with E-state index >= 15 is 0 Å². The van der Waals surface area contributed by atoms with Gasteiger partial charge in [-0.2, -0.15) is 0 Å². The van der Waals surface area contributed by atoms with E-state index in [4.69, 9.17) is 9.47 Å². The standard InChI is InChI=1S/C18H26O2/c1-17(2,3)16-6-4-14(5-7-16)15-8-10-18(11-9-15)19-12-13-20-18/h4-7,15H,8-13H2,1-3H3. The minimum absolute atomic E-state index is 0.234. The zero-order valence-electron chi connectivity index (χ0n) is 12.9. The van der Waals surface area contributed by atoms with Crippen LogP contribution in [0, 0.1) is 0 Å². The first-order valence-corrected chi connectivity index (χ1v) is 7.87. The molecule has 1 spiro atoms. The fourth-order valence-corrected chi connectivity index (χ4v) is 3.43. The Kier molecular flexibility index (Phi) is 3.64. The van der Waals surface area contributed by atoms with Gasteiger partial charge in [-0.1, -0.05) is 45.0 Å². The van der Waals surface area contributed by atoms with E-state index in [1.54, 1.807) is 0 Å². The lowest BCUT2D eigenvalue weighted by molar-refractivity contribution is -0.178. The Bertz CT molecular complexity index is 439. The summed E-state index contributed by atoms with van der Waals surface area (Å²) >= 11 is 0. The molecule has 110 valence electrons. The smallest absolute Gasteiger partial charge is 0.168 e. The maximum atomic E-state index is 5.81. The molecule has 1 saturated carbocycles. The van der Waals surface area contributed by atoms with Crippen LogP contribution < -0.4 is 0 Å². The third-order valence-corrected chi connectivity index (χ3v) is 4.81. The second-order valence-corrected chi connectivity index (χ2v) is 7.25. The first-order chi connectivity index (χ1) is 9.49. The van der Waals surface area contributed by atoms with Gasteiger partial charge in [0.05, 0.1) is 13.2 Å². The summed E-state index contributed by atoms with van der Waals surface area (Å²) in [7, 11) is 0. The van der Waals surface area contributed by atoms with Crippen LogP contribution >= 0.6 is 0 Å². The number of hydrogen-bond donors (Lipinski definition) is 0. The monoisotopic (exact) mass is 274 g/mol. The molecule has 2 fully saturated rings. The summed E-state index contributed by atoms with van der Waals surface area (Å²) in [6, 6.07) is 9.23. The van der Waals surface area contributed by atoms with Crippen molar-refractivity contribution in [1.82, 2.24) is 0 Å². The molecular formula is C18H26O2. The molecule has 0 aromatic heterocycles. The van der Waals surface area contributed by atoms with Gasteiger partial charge in [0.25, 0.3) is 0 Å². The first kappa shape index (κ1) is 14.1. The highest BCUT2D eigenvalue weighted by Crippen LogP contribution is 2.42. The molecule has 0 unspecified atom stereocenters. The second kappa shape index (κ2) is 5.16. The number of benzene rings is 1. The zero-order valence-corrected chi connectivity index (χ0v) is 12.9. The van der Waals surface area contributed by atoms with Crippen LogP contribution in [0.3, 0.4) is 0 Å². The van der Waals surface area contributed by atoms with Crippen molar-refractivity contribution in [3.63, 3.8) is 0 Å². The van der Waals surface area contributed by atoms with Gasteiger partial charge < -0.3 is 9.47 Å². The minimum Gasteiger partial charge on any atom is -0.348 e. The SMILES string of the molecule is CC(C)(C)c1ccc(C2CCC3(CC2)OCCO3)cc1. The van der Waals surface area contributed by atoms with Crippen LogP contribution in [0.5, 0.6) is 0 Å². The summed E-state index contributed by atoms with van der Waals surface area (Å²) in [4.78, 5) is 0. The summed E-state index contributed by atoms with van der Waals surface area (Å²) in [5.74, 6) is 0.435. The maximum Gasteiger partial charge on any atom is 0.168 e. The van der Waals surface area contributed by atoms with Crippen molar-refractivity contribution in [2.45, 2.75) is 63.6 Å². The molecule has 0 radical (unpaired) electrons. The Balaban J connectivity index is 1.66.